The van der Waals surface area contributed by atoms with Gasteiger partial charge in [0.2, 0.25) is 0 Å². The van der Waals surface area contributed by atoms with E-state index in [0.717, 1.165) is 16.7 Å². The number of carbonyl (C=O) groups is 1. The highest BCUT2D eigenvalue weighted by molar-refractivity contribution is 5.78. The van der Waals surface area contributed by atoms with Crippen LogP contribution in [-0.2, 0) is 11.3 Å². The Morgan fingerprint density at radius 2 is 1.69 bits per heavy atom. The maximum atomic E-state index is 11.8. The van der Waals surface area contributed by atoms with Crippen molar-refractivity contribution in [3.8, 4) is 0 Å². The van der Waals surface area contributed by atoms with E-state index >= 15 is 0 Å². The topological polar surface area (TPSA) is 64.0 Å². The number of hydrogen-bond donors (Lipinski definition) is 2. The molecule has 3 rings (SSSR count). The first-order chi connectivity index (χ1) is 12.5. The molecule has 0 saturated carbocycles. The van der Waals surface area contributed by atoms with Crippen molar-refractivity contribution in [1.29, 1.82) is 0 Å². The minimum absolute atomic E-state index is 0.0989. The number of carbonyl (C=O) groups excluding carboxylic acids is 1. The van der Waals surface area contributed by atoms with Crippen LogP contribution < -0.4 is 0 Å². The molecule has 0 unspecified atom stereocenters. The molecule has 0 spiro atoms. The van der Waals surface area contributed by atoms with Gasteiger partial charge in [0.1, 0.15) is 0 Å². The van der Waals surface area contributed by atoms with Gasteiger partial charge in [0.05, 0.1) is 25.2 Å². The van der Waals surface area contributed by atoms with Crippen LogP contribution in [0.2, 0.25) is 0 Å². The van der Waals surface area contributed by atoms with E-state index in [2.05, 4.69) is 24.3 Å². The second-order valence-corrected chi connectivity index (χ2v) is 6.67. The van der Waals surface area contributed by atoms with Crippen molar-refractivity contribution in [2.45, 2.75) is 25.6 Å². The average Bonchev–Trinajstić information content (AvgIpc) is 2.64. The van der Waals surface area contributed by atoms with Crippen molar-refractivity contribution in [2.24, 2.45) is 0 Å². The smallest absolute Gasteiger partial charge is 0.260 e. The number of amides is 1. The molecule has 26 heavy (non-hydrogen) atoms. The molecule has 1 fully saturated rings. The number of benzene rings is 2. The van der Waals surface area contributed by atoms with Crippen molar-refractivity contribution in [3.05, 3.63) is 71.3 Å². The lowest BCUT2D eigenvalue weighted by atomic mass is 10.0. The SMILES string of the molecule is C[C@@H](O)[C@H]1CN(O)C(=O)CN1Cc1ccc(/C=C/c2ccccc2)cc1. The van der Waals surface area contributed by atoms with Crippen LogP contribution in [0.15, 0.2) is 54.6 Å². The lowest BCUT2D eigenvalue weighted by Gasteiger charge is -2.39. The number of hydroxylamine groups is 2. The second kappa shape index (κ2) is 8.27. The minimum atomic E-state index is -0.633. The van der Waals surface area contributed by atoms with E-state index in [0.29, 0.717) is 11.6 Å². The van der Waals surface area contributed by atoms with Crippen LogP contribution in [-0.4, -0.2) is 51.4 Å². The summed E-state index contributed by atoms with van der Waals surface area (Å²) in [6.07, 6.45) is 3.49. The number of hydrogen-bond acceptors (Lipinski definition) is 4. The van der Waals surface area contributed by atoms with Gasteiger partial charge in [-0.25, -0.2) is 5.06 Å². The predicted octanol–water partition coefficient (Wildman–Crippen LogP) is 2.64. The van der Waals surface area contributed by atoms with Gasteiger partial charge in [0, 0.05) is 6.54 Å². The molecule has 1 aliphatic heterocycles. The van der Waals surface area contributed by atoms with Gasteiger partial charge in [0.15, 0.2) is 0 Å². The van der Waals surface area contributed by atoms with Crippen molar-refractivity contribution in [3.63, 3.8) is 0 Å². The molecule has 1 aliphatic rings. The Morgan fingerprint density at radius 1 is 1.08 bits per heavy atom. The number of piperazine rings is 1. The molecule has 5 nitrogen and oxygen atoms in total. The van der Waals surface area contributed by atoms with E-state index in [1.807, 2.05) is 47.4 Å². The van der Waals surface area contributed by atoms with Crippen molar-refractivity contribution in [2.75, 3.05) is 13.1 Å². The molecule has 0 radical (unpaired) electrons. The first kappa shape index (κ1) is 18.3. The zero-order valence-electron chi connectivity index (χ0n) is 14.8. The molecule has 2 aromatic rings. The molecule has 1 amide bonds. The molecule has 136 valence electrons. The first-order valence-electron chi connectivity index (χ1n) is 8.76. The Morgan fingerprint density at radius 3 is 2.31 bits per heavy atom. The molecule has 2 atom stereocenters. The van der Waals surface area contributed by atoms with Crippen molar-refractivity contribution in [1.82, 2.24) is 9.96 Å². The number of aliphatic hydroxyl groups excluding tert-OH is 1. The highest BCUT2D eigenvalue weighted by atomic mass is 16.5. The molecular weight excluding hydrogens is 328 g/mol. The van der Waals surface area contributed by atoms with Gasteiger partial charge in [0.25, 0.3) is 5.91 Å². The summed E-state index contributed by atoms with van der Waals surface area (Å²) in [7, 11) is 0. The van der Waals surface area contributed by atoms with Gasteiger partial charge >= 0.3 is 0 Å². The fourth-order valence-electron chi connectivity index (χ4n) is 3.12. The summed E-state index contributed by atoms with van der Waals surface area (Å²) in [5.41, 5.74) is 3.31. The fraction of sp³-hybridized carbons (Fsp3) is 0.286. The number of rotatable bonds is 5. The van der Waals surface area contributed by atoms with E-state index < -0.39 is 6.10 Å². The minimum Gasteiger partial charge on any atom is -0.392 e. The zero-order chi connectivity index (χ0) is 18.5. The summed E-state index contributed by atoms with van der Waals surface area (Å²) >= 11 is 0. The standard InChI is InChI=1S/C21H24N2O3/c1-16(24)20-14-23(26)21(25)15-22(20)13-19-11-9-18(10-12-19)8-7-17-5-3-2-4-6-17/h2-12,16,20,24,26H,13-15H2,1H3/b8-7+/t16-,20-/m1/s1. The molecule has 1 saturated heterocycles. The molecule has 5 heteroatoms. The van der Waals surface area contributed by atoms with Gasteiger partial charge in [-0.3, -0.25) is 14.9 Å². The molecule has 1 heterocycles. The lowest BCUT2D eigenvalue weighted by molar-refractivity contribution is -0.184. The largest absolute Gasteiger partial charge is 0.392 e. The van der Waals surface area contributed by atoms with E-state index in [1.165, 1.54) is 0 Å². The Hall–Kier alpha value is -2.47. The number of aliphatic hydroxyl groups is 1. The monoisotopic (exact) mass is 352 g/mol. The van der Waals surface area contributed by atoms with Gasteiger partial charge in [-0.1, -0.05) is 66.7 Å². The fourth-order valence-corrected chi connectivity index (χ4v) is 3.12. The summed E-state index contributed by atoms with van der Waals surface area (Å²) in [5, 5.41) is 20.3. The molecule has 2 aromatic carbocycles. The third-order valence-corrected chi connectivity index (χ3v) is 4.65. The lowest BCUT2D eigenvalue weighted by Crippen LogP contribution is -2.58. The van der Waals surface area contributed by atoms with E-state index in [9.17, 15) is 15.1 Å². The Balaban J connectivity index is 1.66. The van der Waals surface area contributed by atoms with Crippen LogP contribution >= 0.6 is 0 Å². The van der Waals surface area contributed by atoms with E-state index in [4.69, 9.17) is 0 Å². The Bertz CT molecular complexity index is 757. The molecule has 0 bridgehead atoms. The molecular formula is C21H24N2O3. The van der Waals surface area contributed by atoms with Gasteiger partial charge in [-0.05, 0) is 23.6 Å². The second-order valence-electron chi connectivity index (χ2n) is 6.67. The third kappa shape index (κ3) is 4.58. The summed E-state index contributed by atoms with van der Waals surface area (Å²) < 4.78 is 0. The van der Waals surface area contributed by atoms with E-state index in [-0.39, 0.29) is 25.0 Å². The van der Waals surface area contributed by atoms with Crippen LogP contribution in [0.1, 0.15) is 23.6 Å². The van der Waals surface area contributed by atoms with Crippen LogP contribution in [0, 0.1) is 0 Å². The molecule has 2 N–H and O–H groups in total. The summed E-state index contributed by atoms with van der Waals surface area (Å²) in [5.74, 6) is -0.343. The van der Waals surface area contributed by atoms with Crippen LogP contribution in [0.4, 0.5) is 0 Å². The molecule has 0 aliphatic carbocycles. The summed E-state index contributed by atoms with van der Waals surface area (Å²) in [6, 6.07) is 18.0. The number of nitrogens with zero attached hydrogens (tertiary/aromatic N) is 2. The zero-order valence-corrected chi connectivity index (χ0v) is 14.8. The third-order valence-electron chi connectivity index (χ3n) is 4.65. The predicted molar refractivity (Wildman–Crippen MR) is 101 cm³/mol. The van der Waals surface area contributed by atoms with Crippen LogP contribution in [0.3, 0.4) is 0 Å². The Kier molecular flexibility index (Phi) is 5.83. The highest BCUT2D eigenvalue weighted by Crippen LogP contribution is 2.18. The van der Waals surface area contributed by atoms with Gasteiger partial charge in [-0.2, -0.15) is 0 Å². The van der Waals surface area contributed by atoms with Crippen molar-refractivity contribution < 1.29 is 15.1 Å². The normalized spacial score (nSPS) is 19.9. The average molecular weight is 352 g/mol. The van der Waals surface area contributed by atoms with Crippen molar-refractivity contribution >= 4 is 18.1 Å². The Labute approximate surface area is 153 Å². The summed E-state index contributed by atoms with van der Waals surface area (Å²) in [4.78, 5) is 13.7. The van der Waals surface area contributed by atoms with Gasteiger partial charge < -0.3 is 5.11 Å². The van der Waals surface area contributed by atoms with Crippen LogP contribution in [0.5, 0.6) is 0 Å². The highest BCUT2D eigenvalue weighted by Gasteiger charge is 2.34. The maximum absolute atomic E-state index is 11.8. The van der Waals surface area contributed by atoms with Gasteiger partial charge in [-0.15, -0.1) is 0 Å². The maximum Gasteiger partial charge on any atom is 0.260 e. The quantitative estimate of drug-likeness (QED) is 0.641. The first-order valence-corrected chi connectivity index (χ1v) is 8.76. The van der Waals surface area contributed by atoms with Crippen LogP contribution in [0.25, 0.3) is 12.2 Å². The molecule has 0 aromatic heterocycles. The summed E-state index contributed by atoms with van der Waals surface area (Å²) in [6.45, 7) is 2.45. The van der Waals surface area contributed by atoms with E-state index in [1.54, 1.807) is 6.92 Å².